The number of rotatable bonds is 8. The van der Waals surface area contributed by atoms with Crippen molar-refractivity contribution in [2.45, 2.75) is 24.2 Å². The van der Waals surface area contributed by atoms with Gasteiger partial charge in [-0.15, -0.1) is 0 Å². The molecule has 0 spiro atoms. The van der Waals surface area contributed by atoms with E-state index in [-0.39, 0.29) is 11.3 Å². The van der Waals surface area contributed by atoms with Crippen molar-refractivity contribution in [3.8, 4) is 22.6 Å². The van der Waals surface area contributed by atoms with Gasteiger partial charge in [-0.25, -0.2) is 18.5 Å². The number of oxazole rings is 1. The summed E-state index contributed by atoms with van der Waals surface area (Å²) >= 11 is 0. The van der Waals surface area contributed by atoms with Gasteiger partial charge in [0.15, 0.2) is 11.7 Å². The van der Waals surface area contributed by atoms with Crippen LogP contribution in [-0.2, 0) is 27.7 Å². The van der Waals surface area contributed by atoms with E-state index in [4.69, 9.17) is 14.7 Å². The summed E-state index contributed by atoms with van der Waals surface area (Å²) in [4.78, 5) is 15.4. The molecule has 168 valence electrons. The zero-order valence-electron chi connectivity index (χ0n) is 17.6. The maximum absolute atomic E-state index is 12.2. The molecule has 1 heterocycles. The van der Waals surface area contributed by atoms with Gasteiger partial charge in [0.2, 0.25) is 10.0 Å². The second-order valence-electron chi connectivity index (χ2n) is 7.58. The predicted octanol–water partition coefficient (Wildman–Crippen LogP) is 4.26. The first-order valence-corrected chi connectivity index (χ1v) is 11.8. The van der Waals surface area contributed by atoms with Crippen molar-refractivity contribution < 1.29 is 22.7 Å². The summed E-state index contributed by atoms with van der Waals surface area (Å²) in [7, 11) is -3.98. The fraction of sp³-hybridized carbons (Fsp3) is 0.120. The number of carbonyl (C=O) groups is 1. The second kappa shape index (κ2) is 9.40. The van der Waals surface area contributed by atoms with E-state index < -0.39 is 16.0 Å². The van der Waals surface area contributed by atoms with E-state index in [2.05, 4.69) is 4.98 Å². The van der Waals surface area contributed by atoms with E-state index in [1.165, 1.54) is 6.07 Å². The first-order chi connectivity index (χ1) is 15.8. The van der Waals surface area contributed by atoms with Crippen molar-refractivity contribution >= 4 is 16.0 Å². The summed E-state index contributed by atoms with van der Waals surface area (Å²) in [5.41, 5.74) is 3.53. The Kier molecular flexibility index (Phi) is 6.39. The SMILES string of the molecule is NS(=O)(=O)c1ccccc1-c1oc(Cc2ccc(CCC(=O)O)cc2)nc1-c1ccccc1. The molecule has 3 aromatic carbocycles. The zero-order chi connectivity index (χ0) is 23.4. The molecule has 7 nitrogen and oxygen atoms in total. The third kappa shape index (κ3) is 5.36. The Morgan fingerprint density at radius 3 is 2.21 bits per heavy atom. The molecule has 0 fully saturated rings. The van der Waals surface area contributed by atoms with Gasteiger partial charge in [0.25, 0.3) is 0 Å². The Balaban J connectivity index is 1.72. The fourth-order valence-corrected chi connectivity index (χ4v) is 4.30. The largest absolute Gasteiger partial charge is 0.481 e. The van der Waals surface area contributed by atoms with Crippen molar-refractivity contribution in [3.63, 3.8) is 0 Å². The molecule has 0 aliphatic heterocycles. The summed E-state index contributed by atoms with van der Waals surface area (Å²) in [6, 6.07) is 23.4. The highest BCUT2D eigenvalue weighted by Crippen LogP contribution is 2.36. The van der Waals surface area contributed by atoms with Gasteiger partial charge in [0, 0.05) is 24.0 Å². The molecule has 0 aliphatic carbocycles. The highest BCUT2D eigenvalue weighted by Gasteiger charge is 2.23. The number of aryl methyl sites for hydroxylation is 1. The number of carboxylic acids is 1. The molecule has 33 heavy (non-hydrogen) atoms. The van der Waals surface area contributed by atoms with Crippen LogP contribution in [0.5, 0.6) is 0 Å². The number of carboxylic acid groups (broad SMARTS) is 1. The molecule has 4 rings (SSSR count). The van der Waals surface area contributed by atoms with E-state index in [1.807, 2.05) is 54.6 Å². The molecule has 0 radical (unpaired) electrons. The van der Waals surface area contributed by atoms with Crippen molar-refractivity contribution in [1.29, 1.82) is 0 Å². The summed E-state index contributed by atoms with van der Waals surface area (Å²) in [5, 5.41) is 14.3. The van der Waals surface area contributed by atoms with Gasteiger partial charge in [-0.1, -0.05) is 66.7 Å². The van der Waals surface area contributed by atoms with Crippen LogP contribution in [0.15, 0.2) is 88.2 Å². The standard InChI is InChI=1S/C25H22N2O5S/c26-33(30,31)21-9-5-4-8-20(21)25-24(19-6-2-1-3-7-19)27-22(32-25)16-18-12-10-17(11-13-18)14-15-23(28)29/h1-13H,14-16H2,(H,28,29)(H2,26,30,31). The molecule has 0 aliphatic rings. The van der Waals surface area contributed by atoms with Crippen LogP contribution in [0.3, 0.4) is 0 Å². The molecule has 8 heteroatoms. The van der Waals surface area contributed by atoms with Gasteiger partial charge in [-0.05, 0) is 29.7 Å². The number of hydrogen-bond donors (Lipinski definition) is 2. The Morgan fingerprint density at radius 1 is 0.909 bits per heavy atom. The van der Waals surface area contributed by atoms with Gasteiger partial charge in [-0.3, -0.25) is 4.79 Å². The van der Waals surface area contributed by atoms with E-state index in [9.17, 15) is 13.2 Å². The van der Waals surface area contributed by atoms with Crippen LogP contribution in [0.2, 0.25) is 0 Å². The zero-order valence-corrected chi connectivity index (χ0v) is 18.5. The number of primary sulfonamides is 1. The lowest BCUT2D eigenvalue weighted by Gasteiger charge is -2.06. The number of sulfonamides is 1. The van der Waals surface area contributed by atoms with Gasteiger partial charge in [0.1, 0.15) is 5.69 Å². The third-order valence-corrected chi connectivity index (χ3v) is 6.13. The van der Waals surface area contributed by atoms with Crippen LogP contribution < -0.4 is 5.14 Å². The van der Waals surface area contributed by atoms with Crippen molar-refractivity contribution in [2.75, 3.05) is 0 Å². The summed E-state index contributed by atoms with van der Waals surface area (Å²) in [6.45, 7) is 0. The molecule has 4 aromatic rings. The highest BCUT2D eigenvalue weighted by molar-refractivity contribution is 7.89. The molecule has 1 aromatic heterocycles. The van der Waals surface area contributed by atoms with E-state index in [1.54, 1.807) is 18.2 Å². The maximum atomic E-state index is 12.2. The molecule has 3 N–H and O–H groups in total. The van der Waals surface area contributed by atoms with Crippen LogP contribution in [0, 0.1) is 0 Å². The predicted molar refractivity (Wildman–Crippen MR) is 124 cm³/mol. The Bertz CT molecular complexity index is 1380. The van der Waals surface area contributed by atoms with E-state index >= 15 is 0 Å². The van der Waals surface area contributed by atoms with Gasteiger partial charge in [0.05, 0.1) is 4.90 Å². The van der Waals surface area contributed by atoms with E-state index in [0.717, 1.165) is 16.7 Å². The molecule has 0 atom stereocenters. The molecular weight excluding hydrogens is 440 g/mol. The first kappa shape index (κ1) is 22.4. The third-order valence-electron chi connectivity index (χ3n) is 5.16. The smallest absolute Gasteiger partial charge is 0.303 e. The lowest BCUT2D eigenvalue weighted by atomic mass is 10.1. The van der Waals surface area contributed by atoms with Crippen LogP contribution in [0.25, 0.3) is 22.6 Å². The van der Waals surface area contributed by atoms with Crippen LogP contribution in [-0.4, -0.2) is 24.5 Å². The van der Waals surface area contributed by atoms with E-state index in [0.29, 0.717) is 35.7 Å². The second-order valence-corrected chi connectivity index (χ2v) is 9.11. The number of nitrogens with two attached hydrogens (primary N) is 1. The molecule has 0 amide bonds. The normalized spacial score (nSPS) is 11.4. The molecule has 0 unspecified atom stereocenters. The average Bonchev–Trinajstić information content (AvgIpc) is 3.22. The molecule has 0 saturated heterocycles. The number of nitrogens with zero attached hydrogens (tertiary/aromatic N) is 1. The fourth-order valence-electron chi connectivity index (χ4n) is 3.57. The summed E-state index contributed by atoms with van der Waals surface area (Å²) in [6.07, 6.45) is 0.921. The van der Waals surface area contributed by atoms with Crippen molar-refractivity contribution in [3.05, 3.63) is 95.9 Å². The number of hydrogen-bond acceptors (Lipinski definition) is 5. The Morgan fingerprint density at radius 2 is 1.55 bits per heavy atom. The molecular formula is C25H22N2O5S. The minimum Gasteiger partial charge on any atom is -0.481 e. The van der Waals surface area contributed by atoms with Crippen LogP contribution >= 0.6 is 0 Å². The van der Waals surface area contributed by atoms with Gasteiger partial charge in [-0.2, -0.15) is 0 Å². The quantitative estimate of drug-likeness (QED) is 0.403. The highest BCUT2D eigenvalue weighted by atomic mass is 32.2. The maximum Gasteiger partial charge on any atom is 0.303 e. The molecule has 0 bridgehead atoms. The summed E-state index contributed by atoms with van der Waals surface area (Å²) < 4.78 is 30.5. The Labute approximate surface area is 191 Å². The summed E-state index contributed by atoms with van der Waals surface area (Å²) in [5.74, 6) is -0.0788. The Hall–Kier alpha value is -3.75. The van der Waals surface area contributed by atoms with Gasteiger partial charge < -0.3 is 9.52 Å². The average molecular weight is 463 g/mol. The minimum absolute atomic E-state index is 0.0346. The number of aliphatic carboxylic acids is 1. The lowest BCUT2D eigenvalue weighted by Crippen LogP contribution is -2.13. The minimum atomic E-state index is -3.98. The monoisotopic (exact) mass is 462 g/mol. The topological polar surface area (TPSA) is 123 Å². The van der Waals surface area contributed by atoms with Crippen LogP contribution in [0.1, 0.15) is 23.4 Å². The molecule has 0 saturated carbocycles. The lowest BCUT2D eigenvalue weighted by molar-refractivity contribution is -0.136. The number of aromatic nitrogens is 1. The van der Waals surface area contributed by atoms with Gasteiger partial charge >= 0.3 is 5.97 Å². The van der Waals surface area contributed by atoms with Crippen molar-refractivity contribution in [1.82, 2.24) is 4.98 Å². The van der Waals surface area contributed by atoms with Crippen LogP contribution in [0.4, 0.5) is 0 Å². The first-order valence-electron chi connectivity index (χ1n) is 10.3. The van der Waals surface area contributed by atoms with Crippen molar-refractivity contribution in [2.24, 2.45) is 5.14 Å². The number of benzene rings is 3.